The standard InChI is InChI=1S/C19H29NO3/c1-3-4-10-19(11-6-5-7-12-19)18(22)20-14-15-8-9-16(21)17(13-15)23-2/h8-9,13,21H,3-7,10-12,14H2,1-2H3,(H,20,22). The quantitative estimate of drug-likeness (QED) is 0.793. The minimum atomic E-state index is -0.171. The van der Waals surface area contributed by atoms with Gasteiger partial charge >= 0.3 is 0 Å². The van der Waals surface area contributed by atoms with Crippen molar-refractivity contribution < 1.29 is 14.6 Å². The fourth-order valence-electron chi connectivity index (χ4n) is 3.54. The van der Waals surface area contributed by atoms with E-state index in [0.717, 1.165) is 50.5 Å². The number of unbranched alkanes of at least 4 members (excludes halogenated alkanes) is 1. The summed E-state index contributed by atoms with van der Waals surface area (Å²) in [6.45, 7) is 2.65. The molecule has 4 heteroatoms. The van der Waals surface area contributed by atoms with Crippen LogP contribution in [0.15, 0.2) is 18.2 Å². The molecule has 23 heavy (non-hydrogen) atoms. The first-order valence-electron chi connectivity index (χ1n) is 8.75. The summed E-state index contributed by atoms with van der Waals surface area (Å²) >= 11 is 0. The Morgan fingerprint density at radius 2 is 2.04 bits per heavy atom. The highest BCUT2D eigenvalue weighted by Crippen LogP contribution is 2.41. The molecular formula is C19H29NO3. The lowest BCUT2D eigenvalue weighted by atomic mass is 9.70. The van der Waals surface area contributed by atoms with E-state index < -0.39 is 0 Å². The summed E-state index contributed by atoms with van der Waals surface area (Å²) in [4.78, 5) is 12.8. The van der Waals surface area contributed by atoms with Gasteiger partial charge in [0.15, 0.2) is 11.5 Å². The van der Waals surface area contributed by atoms with Crippen molar-refractivity contribution in [3.8, 4) is 11.5 Å². The Morgan fingerprint density at radius 3 is 2.70 bits per heavy atom. The molecule has 0 aromatic heterocycles. The number of rotatable bonds is 7. The number of hydrogen-bond donors (Lipinski definition) is 2. The summed E-state index contributed by atoms with van der Waals surface area (Å²) in [7, 11) is 1.53. The normalized spacial score (nSPS) is 16.8. The number of carbonyl (C=O) groups is 1. The van der Waals surface area contributed by atoms with E-state index in [2.05, 4.69) is 12.2 Å². The van der Waals surface area contributed by atoms with Crippen molar-refractivity contribution in [3.63, 3.8) is 0 Å². The lowest BCUT2D eigenvalue weighted by Gasteiger charge is -2.36. The zero-order valence-electron chi connectivity index (χ0n) is 14.4. The van der Waals surface area contributed by atoms with Gasteiger partial charge in [-0.2, -0.15) is 0 Å². The highest BCUT2D eigenvalue weighted by molar-refractivity contribution is 5.82. The topological polar surface area (TPSA) is 58.6 Å². The Balaban J connectivity index is 2.01. The molecule has 1 aromatic rings. The average molecular weight is 319 g/mol. The number of aromatic hydroxyl groups is 1. The number of carbonyl (C=O) groups excluding carboxylic acids is 1. The van der Waals surface area contributed by atoms with Crippen LogP contribution in [0.5, 0.6) is 11.5 Å². The van der Waals surface area contributed by atoms with E-state index in [-0.39, 0.29) is 17.1 Å². The van der Waals surface area contributed by atoms with E-state index in [0.29, 0.717) is 12.3 Å². The van der Waals surface area contributed by atoms with E-state index in [1.54, 1.807) is 12.1 Å². The fourth-order valence-corrected chi connectivity index (χ4v) is 3.54. The molecule has 1 saturated carbocycles. The Labute approximate surface area is 139 Å². The monoisotopic (exact) mass is 319 g/mol. The van der Waals surface area contributed by atoms with Crippen LogP contribution in [-0.4, -0.2) is 18.1 Å². The van der Waals surface area contributed by atoms with Crippen molar-refractivity contribution in [2.45, 2.75) is 64.8 Å². The van der Waals surface area contributed by atoms with Gasteiger partial charge in [-0.1, -0.05) is 45.1 Å². The molecule has 0 atom stereocenters. The SMILES string of the molecule is CCCCC1(C(=O)NCc2ccc(O)c(OC)c2)CCCCC1. The molecule has 2 N–H and O–H groups in total. The molecule has 0 bridgehead atoms. The minimum absolute atomic E-state index is 0.120. The lowest BCUT2D eigenvalue weighted by Crippen LogP contribution is -2.42. The van der Waals surface area contributed by atoms with Crippen molar-refractivity contribution in [3.05, 3.63) is 23.8 Å². The predicted octanol–water partition coefficient (Wildman–Crippen LogP) is 4.16. The van der Waals surface area contributed by atoms with Crippen LogP contribution in [0.1, 0.15) is 63.9 Å². The Morgan fingerprint density at radius 1 is 1.30 bits per heavy atom. The first-order valence-corrected chi connectivity index (χ1v) is 8.75. The number of phenolic OH excluding ortho intramolecular Hbond substituents is 1. The van der Waals surface area contributed by atoms with Crippen LogP contribution in [-0.2, 0) is 11.3 Å². The van der Waals surface area contributed by atoms with E-state index in [1.165, 1.54) is 13.5 Å². The Hall–Kier alpha value is -1.71. The molecule has 0 unspecified atom stereocenters. The average Bonchev–Trinajstić information content (AvgIpc) is 2.59. The third-order valence-corrected chi connectivity index (χ3v) is 5.00. The predicted molar refractivity (Wildman–Crippen MR) is 91.5 cm³/mol. The van der Waals surface area contributed by atoms with E-state index >= 15 is 0 Å². The summed E-state index contributed by atoms with van der Waals surface area (Å²) in [6.07, 6.45) is 8.82. The molecule has 2 rings (SSSR count). The molecule has 0 heterocycles. The summed E-state index contributed by atoms with van der Waals surface area (Å²) in [6, 6.07) is 5.20. The number of benzene rings is 1. The second-order valence-corrected chi connectivity index (χ2v) is 6.63. The number of ether oxygens (including phenoxy) is 1. The van der Waals surface area contributed by atoms with Crippen LogP contribution >= 0.6 is 0 Å². The third-order valence-electron chi connectivity index (χ3n) is 5.00. The van der Waals surface area contributed by atoms with Gasteiger partial charge in [0.05, 0.1) is 7.11 Å². The van der Waals surface area contributed by atoms with Gasteiger partial charge in [-0.05, 0) is 37.0 Å². The first-order chi connectivity index (χ1) is 11.1. The molecule has 0 spiro atoms. The van der Waals surface area contributed by atoms with Gasteiger partial charge in [0, 0.05) is 12.0 Å². The summed E-state index contributed by atoms with van der Waals surface area (Å²) in [5.41, 5.74) is 0.768. The lowest BCUT2D eigenvalue weighted by molar-refractivity contribution is -0.133. The molecule has 0 aliphatic heterocycles. The van der Waals surface area contributed by atoms with Crippen LogP contribution < -0.4 is 10.1 Å². The molecule has 1 aliphatic rings. The van der Waals surface area contributed by atoms with Crippen molar-refractivity contribution in [2.75, 3.05) is 7.11 Å². The number of methoxy groups -OCH3 is 1. The van der Waals surface area contributed by atoms with Gasteiger partial charge < -0.3 is 15.2 Å². The van der Waals surface area contributed by atoms with E-state index in [9.17, 15) is 9.90 Å². The zero-order valence-corrected chi connectivity index (χ0v) is 14.4. The maximum Gasteiger partial charge on any atom is 0.226 e. The third kappa shape index (κ3) is 4.40. The molecule has 128 valence electrons. The zero-order chi connectivity index (χ0) is 16.7. The second-order valence-electron chi connectivity index (χ2n) is 6.63. The van der Waals surface area contributed by atoms with Crippen LogP contribution in [0.4, 0.5) is 0 Å². The summed E-state index contributed by atoms with van der Waals surface area (Å²) in [5.74, 6) is 0.752. The second kappa shape index (κ2) is 8.23. The van der Waals surface area contributed by atoms with Gasteiger partial charge in [0.2, 0.25) is 5.91 Å². The van der Waals surface area contributed by atoms with Crippen molar-refractivity contribution >= 4 is 5.91 Å². The first kappa shape index (κ1) is 17.6. The largest absolute Gasteiger partial charge is 0.504 e. The molecule has 1 fully saturated rings. The molecular weight excluding hydrogens is 290 g/mol. The number of phenols is 1. The summed E-state index contributed by atoms with van der Waals surface area (Å²) in [5, 5.41) is 12.8. The molecule has 1 aromatic carbocycles. The maximum atomic E-state index is 12.8. The highest BCUT2D eigenvalue weighted by Gasteiger charge is 2.38. The highest BCUT2D eigenvalue weighted by atomic mass is 16.5. The van der Waals surface area contributed by atoms with Crippen molar-refractivity contribution in [2.24, 2.45) is 5.41 Å². The summed E-state index contributed by atoms with van der Waals surface area (Å²) < 4.78 is 5.12. The Kier molecular flexibility index (Phi) is 6.31. The van der Waals surface area contributed by atoms with Crippen LogP contribution in [0, 0.1) is 5.41 Å². The van der Waals surface area contributed by atoms with E-state index in [4.69, 9.17) is 4.74 Å². The molecule has 0 saturated heterocycles. The molecule has 1 amide bonds. The van der Waals surface area contributed by atoms with Crippen LogP contribution in [0.3, 0.4) is 0 Å². The molecule has 0 radical (unpaired) electrons. The molecule has 1 aliphatic carbocycles. The van der Waals surface area contributed by atoms with Gasteiger partial charge in [-0.3, -0.25) is 4.79 Å². The molecule has 4 nitrogen and oxygen atoms in total. The van der Waals surface area contributed by atoms with Gasteiger partial charge in [-0.15, -0.1) is 0 Å². The van der Waals surface area contributed by atoms with Crippen LogP contribution in [0.2, 0.25) is 0 Å². The fraction of sp³-hybridized carbons (Fsp3) is 0.632. The van der Waals surface area contributed by atoms with Crippen LogP contribution in [0.25, 0.3) is 0 Å². The van der Waals surface area contributed by atoms with Gasteiger partial charge in [0.1, 0.15) is 0 Å². The number of nitrogens with one attached hydrogen (secondary N) is 1. The van der Waals surface area contributed by atoms with Crippen molar-refractivity contribution in [1.29, 1.82) is 0 Å². The van der Waals surface area contributed by atoms with Gasteiger partial charge in [-0.25, -0.2) is 0 Å². The van der Waals surface area contributed by atoms with E-state index in [1.807, 2.05) is 6.07 Å². The Bertz CT molecular complexity index is 521. The van der Waals surface area contributed by atoms with Crippen molar-refractivity contribution in [1.82, 2.24) is 5.32 Å². The smallest absolute Gasteiger partial charge is 0.226 e. The maximum absolute atomic E-state index is 12.8. The number of amides is 1. The minimum Gasteiger partial charge on any atom is -0.504 e. The number of hydrogen-bond acceptors (Lipinski definition) is 3. The van der Waals surface area contributed by atoms with Gasteiger partial charge in [0.25, 0.3) is 0 Å².